The Balaban J connectivity index is 2.13. The molecule has 0 unspecified atom stereocenters. The number of carbonyl (C=O) groups is 1. The number of aromatic nitrogens is 3. The van der Waals surface area contributed by atoms with Crippen LogP contribution < -0.4 is 0 Å². The minimum Gasteiger partial charge on any atom is -0.461 e. The number of hydrogen-bond acceptors (Lipinski definition) is 5. The maximum Gasteiger partial charge on any atom is 0.358 e. The van der Waals surface area contributed by atoms with Crippen LogP contribution in [0, 0.1) is 0 Å². The van der Waals surface area contributed by atoms with Gasteiger partial charge < -0.3 is 4.74 Å². The Morgan fingerprint density at radius 2 is 2.37 bits per heavy atom. The van der Waals surface area contributed by atoms with E-state index in [2.05, 4.69) is 9.97 Å². The summed E-state index contributed by atoms with van der Waals surface area (Å²) >= 11 is 1.62. The highest BCUT2D eigenvalue weighted by Crippen LogP contribution is 2.22. The van der Waals surface area contributed by atoms with Crippen LogP contribution in [0.2, 0.25) is 0 Å². The molecule has 6 heteroatoms. The molecule has 0 amide bonds. The van der Waals surface area contributed by atoms with E-state index in [1.807, 2.05) is 22.9 Å². The fourth-order valence-electron chi connectivity index (χ4n) is 1.84. The highest BCUT2D eigenvalue weighted by Gasteiger charge is 2.14. The third kappa shape index (κ3) is 2.10. The summed E-state index contributed by atoms with van der Waals surface area (Å²) < 4.78 is 6.75. The number of rotatable bonds is 3. The van der Waals surface area contributed by atoms with Crippen molar-refractivity contribution in [1.29, 1.82) is 0 Å². The Bertz CT molecular complexity index is 719. The molecular weight excluding hydrogens is 262 g/mol. The lowest BCUT2D eigenvalue weighted by molar-refractivity contribution is 0.0520. The van der Waals surface area contributed by atoms with Crippen LogP contribution >= 0.6 is 11.3 Å². The van der Waals surface area contributed by atoms with Crippen molar-refractivity contribution >= 4 is 23.1 Å². The first-order valence-corrected chi connectivity index (χ1v) is 6.77. The molecule has 5 nitrogen and oxygen atoms in total. The van der Waals surface area contributed by atoms with Crippen molar-refractivity contribution < 1.29 is 9.53 Å². The van der Waals surface area contributed by atoms with E-state index in [4.69, 9.17) is 4.74 Å². The molecule has 0 saturated carbocycles. The second kappa shape index (κ2) is 4.81. The van der Waals surface area contributed by atoms with E-state index in [0.29, 0.717) is 12.4 Å². The van der Waals surface area contributed by atoms with Crippen molar-refractivity contribution in [2.24, 2.45) is 0 Å². The van der Waals surface area contributed by atoms with Crippen LogP contribution in [0.4, 0.5) is 0 Å². The van der Waals surface area contributed by atoms with Crippen LogP contribution in [-0.2, 0) is 4.74 Å². The highest BCUT2D eigenvalue weighted by atomic mass is 32.1. The first-order chi connectivity index (χ1) is 9.29. The molecule has 0 saturated heterocycles. The van der Waals surface area contributed by atoms with Crippen molar-refractivity contribution in [2.45, 2.75) is 6.92 Å². The molecule has 0 bridgehead atoms. The molecule has 0 spiro atoms. The first kappa shape index (κ1) is 11.9. The maximum atomic E-state index is 11.7. The van der Waals surface area contributed by atoms with E-state index < -0.39 is 5.97 Å². The molecule has 19 heavy (non-hydrogen) atoms. The van der Waals surface area contributed by atoms with Gasteiger partial charge in [0.25, 0.3) is 0 Å². The van der Waals surface area contributed by atoms with Crippen LogP contribution in [0.25, 0.3) is 17.0 Å². The minimum atomic E-state index is -0.427. The number of thiophene rings is 1. The lowest BCUT2D eigenvalue weighted by Crippen LogP contribution is -2.04. The van der Waals surface area contributed by atoms with Gasteiger partial charge in [-0.3, -0.25) is 4.40 Å². The Hall–Kier alpha value is -2.21. The molecule has 3 aromatic heterocycles. The van der Waals surface area contributed by atoms with Crippen LogP contribution in [0.1, 0.15) is 17.4 Å². The molecular formula is C13H11N3O2S. The monoisotopic (exact) mass is 273 g/mol. The SMILES string of the molecule is CCOC(=O)c1cn2c(-c3ccsc3)ccnc2n1. The third-order valence-electron chi connectivity index (χ3n) is 2.67. The number of ether oxygens (including phenoxy) is 1. The normalized spacial score (nSPS) is 10.8. The van der Waals surface area contributed by atoms with Gasteiger partial charge in [0.15, 0.2) is 5.69 Å². The van der Waals surface area contributed by atoms with Gasteiger partial charge in [-0.15, -0.1) is 0 Å². The fourth-order valence-corrected chi connectivity index (χ4v) is 2.49. The Morgan fingerprint density at radius 1 is 1.47 bits per heavy atom. The van der Waals surface area contributed by atoms with Crippen LogP contribution in [0.5, 0.6) is 0 Å². The van der Waals surface area contributed by atoms with Crippen LogP contribution in [-0.4, -0.2) is 26.9 Å². The van der Waals surface area contributed by atoms with Gasteiger partial charge in [-0.05, 0) is 24.4 Å². The standard InChI is InChI=1S/C13H11N3O2S/c1-2-18-12(17)10-7-16-11(9-4-6-19-8-9)3-5-14-13(16)15-10/h3-8H,2H2,1H3. The number of esters is 1. The molecule has 0 N–H and O–H groups in total. The molecule has 0 aliphatic heterocycles. The number of fused-ring (bicyclic) bond motifs is 1. The molecule has 3 aromatic rings. The van der Waals surface area contributed by atoms with E-state index in [0.717, 1.165) is 11.3 Å². The molecule has 0 aliphatic rings. The zero-order valence-corrected chi connectivity index (χ0v) is 11.1. The summed E-state index contributed by atoms with van der Waals surface area (Å²) in [5, 5.41) is 4.05. The predicted octanol–water partition coefficient (Wildman–Crippen LogP) is 2.63. The van der Waals surface area contributed by atoms with Gasteiger partial charge in [0.2, 0.25) is 5.78 Å². The average molecular weight is 273 g/mol. The summed E-state index contributed by atoms with van der Waals surface area (Å²) in [6.45, 7) is 2.10. The smallest absolute Gasteiger partial charge is 0.358 e. The molecule has 0 aliphatic carbocycles. The largest absolute Gasteiger partial charge is 0.461 e. The summed E-state index contributed by atoms with van der Waals surface area (Å²) in [5.41, 5.74) is 2.30. The quantitative estimate of drug-likeness (QED) is 0.688. The summed E-state index contributed by atoms with van der Waals surface area (Å²) in [4.78, 5) is 20.0. The fraction of sp³-hybridized carbons (Fsp3) is 0.154. The zero-order valence-electron chi connectivity index (χ0n) is 10.2. The van der Waals surface area contributed by atoms with Crippen molar-refractivity contribution in [3.63, 3.8) is 0 Å². The van der Waals surface area contributed by atoms with Gasteiger partial charge in [0.05, 0.1) is 12.3 Å². The van der Waals surface area contributed by atoms with Gasteiger partial charge in [0, 0.05) is 23.3 Å². The second-order valence-corrected chi connectivity index (χ2v) is 4.64. The lowest BCUT2D eigenvalue weighted by atomic mass is 10.2. The molecule has 3 rings (SSSR count). The van der Waals surface area contributed by atoms with Crippen molar-refractivity contribution in [1.82, 2.24) is 14.4 Å². The molecule has 0 aromatic carbocycles. The van der Waals surface area contributed by atoms with E-state index in [9.17, 15) is 4.79 Å². The van der Waals surface area contributed by atoms with Gasteiger partial charge in [-0.1, -0.05) is 0 Å². The molecule has 0 atom stereocenters. The van der Waals surface area contributed by atoms with E-state index >= 15 is 0 Å². The maximum absolute atomic E-state index is 11.7. The van der Waals surface area contributed by atoms with Gasteiger partial charge in [0.1, 0.15) is 0 Å². The Kier molecular flexibility index (Phi) is 3.00. The summed E-state index contributed by atoms with van der Waals surface area (Å²) in [6.07, 6.45) is 3.34. The summed E-state index contributed by atoms with van der Waals surface area (Å²) in [5.74, 6) is 0.0658. The predicted molar refractivity (Wildman–Crippen MR) is 72.3 cm³/mol. The molecule has 96 valence electrons. The third-order valence-corrected chi connectivity index (χ3v) is 3.35. The Labute approximate surface area is 113 Å². The lowest BCUT2D eigenvalue weighted by Gasteiger charge is -2.01. The van der Waals surface area contributed by atoms with Crippen molar-refractivity contribution in [2.75, 3.05) is 6.61 Å². The van der Waals surface area contributed by atoms with Crippen LogP contribution in [0.15, 0.2) is 35.3 Å². The number of carbonyl (C=O) groups excluding carboxylic acids is 1. The number of hydrogen-bond donors (Lipinski definition) is 0. The van der Waals surface area contributed by atoms with Gasteiger partial charge in [-0.2, -0.15) is 11.3 Å². The number of nitrogens with zero attached hydrogens (tertiary/aromatic N) is 3. The van der Waals surface area contributed by atoms with Gasteiger partial charge >= 0.3 is 5.97 Å². The average Bonchev–Trinajstić information content (AvgIpc) is 3.07. The minimum absolute atomic E-state index is 0.275. The van der Waals surface area contributed by atoms with Crippen molar-refractivity contribution in [3.8, 4) is 11.3 Å². The summed E-state index contributed by atoms with van der Waals surface area (Å²) in [7, 11) is 0. The van der Waals surface area contributed by atoms with Gasteiger partial charge in [-0.25, -0.2) is 14.8 Å². The molecule has 0 radical (unpaired) electrons. The highest BCUT2D eigenvalue weighted by molar-refractivity contribution is 7.08. The topological polar surface area (TPSA) is 56.5 Å². The van der Waals surface area contributed by atoms with E-state index in [1.54, 1.807) is 35.1 Å². The first-order valence-electron chi connectivity index (χ1n) is 5.83. The van der Waals surface area contributed by atoms with E-state index in [1.165, 1.54) is 0 Å². The molecule has 3 heterocycles. The Morgan fingerprint density at radius 3 is 3.11 bits per heavy atom. The second-order valence-electron chi connectivity index (χ2n) is 3.86. The summed E-state index contributed by atoms with van der Waals surface area (Å²) in [6, 6.07) is 3.91. The van der Waals surface area contributed by atoms with Crippen LogP contribution in [0.3, 0.4) is 0 Å². The zero-order chi connectivity index (χ0) is 13.2. The van der Waals surface area contributed by atoms with Crippen molar-refractivity contribution in [3.05, 3.63) is 41.0 Å². The number of imidazole rings is 1. The van der Waals surface area contributed by atoms with E-state index in [-0.39, 0.29) is 5.69 Å². The molecule has 0 fully saturated rings.